The molecule has 1 unspecified atom stereocenters. The maximum absolute atomic E-state index is 12.1. The van der Waals surface area contributed by atoms with Crippen LogP contribution >= 0.6 is 0 Å². The van der Waals surface area contributed by atoms with Crippen LogP contribution in [0.25, 0.3) is 11.5 Å². The highest BCUT2D eigenvalue weighted by atomic mass is 16.6. The van der Waals surface area contributed by atoms with Gasteiger partial charge in [-0.05, 0) is 25.0 Å². The third-order valence-corrected chi connectivity index (χ3v) is 4.82. The predicted octanol–water partition coefficient (Wildman–Crippen LogP) is 2.79. The van der Waals surface area contributed by atoms with Crippen LogP contribution in [-0.2, 0) is 9.53 Å². The Hall–Kier alpha value is -2.50. The molecule has 1 atom stereocenters. The van der Waals surface area contributed by atoms with E-state index < -0.39 is 0 Å². The van der Waals surface area contributed by atoms with Gasteiger partial charge >= 0.3 is 5.97 Å². The molecule has 2 aromatic heterocycles. The average Bonchev–Trinajstić information content (AvgIpc) is 3.22. The van der Waals surface area contributed by atoms with Crippen LogP contribution in [0.3, 0.4) is 0 Å². The van der Waals surface area contributed by atoms with E-state index in [9.17, 15) is 4.79 Å². The first kappa shape index (κ1) is 15.1. The molecule has 2 aromatic rings. The Morgan fingerprint density at radius 1 is 1.17 bits per heavy atom. The van der Waals surface area contributed by atoms with Crippen molar-refractivity contribution in [3.05, 3.63) is 36.7 Å². The molecule has 1 aliphatic heterocycles. The average molecular weight is 325 g/mol. The molecule has 2 fully saturated rings. The van der Waals surface area contributed by atoms with Crippen LogP contribution in [0.5, 0.6) is 5.88 Å². The Morgan fingerprint density at radius 3 is 2.75 bits per heavy atom. The first-order valence-corrected chi connectivity index (χ1v) is 8.34. The first-order valence-electron chi connectivity index (χ1n) is 8.34. The van der Waals surface area contributed by atoms with Crippen molar-refractivity contribution in [2.24, 2.45) is 5.41 Å². The van der Waals surface area contributed by atoms with Crippen LogP contribution in [0, 0.1) is 5.41 Å². The number of carbonyl (C=O) groups is 1. The van der Waals surface area contributed by atoms with Crippen LogP contribution in [0.1, 0.15) is 32.1 Å². The summed E-state index contributed by atoms with van der Waals surface area (Å²) in [5, 5.41) is 0. The van der Waals surface area contributed by atoms with E-state index in [1.54, 1.807) is 24.5 Å². The molecule has 0 aromatic carbocycles. The minimum atomic E-state index is -0.249. The molecule has 0 amide bonds. The van der Waals surface area contributed by atoms with Crippen LogP contribution in [0.15, 0.2) is 36.7 Å². The molecular weight excluding hydrogens is 306 g/mol. The van der Waals surface area contributed by atoms with Crippen molar-refractivity contribution >= 4 is 5.97 Å². The summed E-state index contributed by atoms with van der Waals surface area (Å²) in [7, 11) is 0. The Bertz CT molecular complexity index is 729. The number of ether oxygens (including phenoxy) is 2. The molecule has 0 radical (unpaired) electrons. The second-order valence-corrected chi connectivity index (χ2v) is 6.46. The van der Waals surface area contributed by atoms with E-state index in [4.69, 9.17) is 9.47 Å². The Kier molecular flexibility index (Phi) is 3.88. The number of rotatable bonds is 4. The molecule has 0 bridgehead atoms. The Balaban J connectivity index is 1.41. The highest BCUT2D eigenvalue weighted by Gasteiger charge is 2.50. The molecule has 6 nitrogen and oxygen atoms in total. The van der Waals surface area contributed by atoms with Crippen LogP contribution in [-0.4, -0.2) is 33.6 Å². The topological polar surface area (TPSA) is 74.2 Å². The summed E-state index contributed by atoms with van der Waals surface area (Å²) >= 11 is 0. The maximum Gasteiger partial charge on any atom is 0.312 e. The number of hydrogen-bond acceptors (Lipinski definition) is 6. The van der Waals surface area contributed by atoms with E-state index in [0.717, 1.165) is 32.1 Å². The van der Waals surface area contributed by atoms with Crippen LogP contribution in [0.2, 0.25) is 0 Å². The number of carbonyl (C=O) groups excluding carboxylic acids is 1. The minimum Gasteiger partial charge on any atom is -0.474 e. The molecule has 24 heavy (non-hydrogen) atoms. The van der Waals surface area contributed by atoms with Gasteiger partial charge in [0.15, 0.2) is 5.82 Å². The van der Waals surface area contributed by atoms with Gasteiger partial charge in [0.05, 0.1) is 5.41 Å². The largest absolute Gasteiger partial charge is 0.474 e. The van der Waals surface area contributed by atoms with Gasteiger partial charge < -0.3 is 9.47 Å². The number of pyridine rings is 1. The van der Waals surface area contributed by atoms with E-state index in [-0.39, 0.29) is 17.5 Å². The zero-order chi connectivity index (χ0) is 16.4. The second-order valence-electron chi connectivity index (χ2n) is 6.46. The monoisotopic (exact) mass is 325 g/mol. The van der Waals surface area contributed by atoms with Gasteiger partial charge in [-0.3, -0.25) is 4.79 Å². The zero-order valence-electron chi connectivity index (χ0n) is 13.4. The van der Waals surface area contributed by atoms with Crippen LogP contribution < -0.4 is 4.74 Å². The van der Waals surface area contributed by atoms with Crippen molar-refractivity contribution in [2.75, 3.05) is 6.61 Å². The number of cyclic esters (lactones) is 1. The first-order chi connectivity index (χ1) is 11.8. The molecule has 1 spiro atoms. The van der Waals surface area contributed by atoms with Gasteiger partial charge in [0, 0.05) is 24.9 Å². The molecule has 1 saturated carbocycles. The highest BCUT2D eigenvalue weighted by Crippen LogP contribution is 2.47. The van der Waals surface area contributed by atoms with E-state index in [0.29, 0.717) is 24.0 Å². The lowest BCUT2D eigenvalue weighted by molar-refractivity contribution is -0.149. The summed E-state index contributed by atoms with van der Waals surface area (Å²) in [4.78, 5) is 24.9. The maximum atomic E-state index is 12.1. The van der Waals surface area contributed by atoms with E-state index in [2.05, 4.69) is 15.0 Å². The van der Waals surface area contributed by atoms with Crippen molar-refractivity contribution in [1.82, 2.24) is 15.0 Å². The Labute approximate surface area is 140 Å². The van der Waals surface area contributed by atoms with Crippen molar-refractivity contribution in [1.29, 1.82) is 0 Å². The number of hydrogen-bond donors (Lipinski definition) is 0. The van der Waals surface area contributed by atoms with Gasteiger partial charge in [-0.15, -0.1) is 0 Å². The summed E-state index contributed by atoms with van der Waals surface area (Å²) in [6.45, 7) is 0.333. The smallest absolute Gasteiger partial charge is 0.312 e. The fourth-order valence-corrected chi connectivity index (χ4v) is 3.62. The third-order valence-electron chi connectivity index (χ3n) is 4.82. The molecule has 0 N–H and O–H groups in total. The number of nitrogens with zero attached hydrogens (tertiary/aromatic N) is 3. The molecule has 6 heteroatoms. The van der Waals surface area contributed by atoms with Gasteiger partial charge in [-0.25, -0.2) is 15.0 Å². The highest BCUT2D eigenvalue weighted by molar-refractivity contribution is 5.79. The van der Waals surface area contributed by atoms with Gasteiger partial charge in [0.2, 0.25) is 5.88 Å². The van der Waals surface area contributed by atoms with Crippen molar-refractivity contribution in [3.8, 4) is 17.4 Å². The lowest BCUT2D eigenvalue weighted by Crippen LogP contribution is -2.22. The van der Waals surface area contributed by atoms with Gasteiger partial charge in [0.1, 0.15) is 18.4 Å². The molecule has 1 aliphatic carbocycles. The zero-order valence-corrected chi connectivity index (χ0v) is 13.4. The summed E-state index contributed by atoms with van der Waals surface area (Å²) in [5.41, 5.74) is 0.407. The fraction of sp³-hybridized carbons (Fsp3) is 0.444. The van der Waals surface area contributed by atoms with Crippen molar-refractivity contribution in [2.45, 2.75) is 38.2 Å². The molecule has 3 heterocycles. The number of esters is 1. The second kappa shape index (κ2) is 6.19. The summed E-state index contributed by atoms with van der Waals surface area (Å²) < 4.78 is 11.3. The van der Waals surface area contributed by atoms with Gasteiger partial charge in [-0.1, -0.05) is 18.9 Å². The van der Waals surface area contributed by atoms with E-state index in [1.807, 2.05) is 12.1 Å². The van der Waals surface area contributed by atoms with Crippen LogP contribution in [0.4, 0.5) is 0 Å². The molecule has 1 saturated heterocycles. The lowest BCUT2D eigenvalue weighted by Gasteiger charge is -2.16. The van der Waals surface area contributed by atoms with Crippen molar-refractivity contribution in [3.63, 3.8) is 0 Å². The lowest BCUT2D eigenvalue weighted by atomic mass is 9.83. The number of aromatic nitrogens is 3. The minimum absolute atomic E-state index is 0.0482. The predicted molar refractivity (Wildman–Crippen MR) is 86.2 cm³/mol. The molecule has 4 rings (SSSR count). The summed E-state index contributed by atoms with van der Waals surface area (Å²) in [6, 6.07) is 7.24. The SMILES string of the molecule is O=C1OC(COc2cccc(-c3ncccn3)n2)CC12CCCC2. The van der Waals surface area contributed by atoms with Crippen molar-refractivity contribution < 1.29 is 14.3 Å². The standard InChI is InChI=1S/C18H19N3O3/c22-17-18(7-1-2-8-18)11-13(24-17)12-23-15-6-3-5-14(21-15)16-19-9-4-10-20-16/h3-6,9-10,13H,1-2,7-8,11-12H2. The van der Waals surface area contributed by atoms with Gasteiger partial charge in [0.25, 0.3) is 0 Å². The molecule has 2 aliphatic rings. The quantitative estimate of drug-likeness (QED) is 0.805. The summed E-state index contributed by atoms with van der Waals surface area (Å²) in [6.07, 6.45) is 8.05. The molecular formula is C18H19N3O3. The van der Waals surface area contributed by atoms with Gasteiger partial charge in [-0.2, -0.15) is 0 Å². The fourth-order valence-electron chi connectivity index (χ4n) is 3.62. The van der Waals surface area contributed by atoms with E-state index >= 15 is 0 Å². The Morgan fingerprint density at radius 2 is 1.96 bits per heavy atom. The summed E-state index contributed by atoms with van der Waals surface area (Å²) in [5.74, 6) is 0.997. The molecule has 124 valence electrons. The van der Waals surface area contributed by atoms with E-state index in [1.165, 1.54) is 0 Å². The third kappa shape index (κ3) is 2.84. The normalized spacial score (nSPS) is 21.8.